The average Bonchev–Trinajstić information content (AvgIpc) is 3.13. The van der Waals surface area contributed by atoms with Gasteiger partial charge in [0, 0.05) is 31.0 Å². The number of carbonyl (C=O) groups excluding carboxylic acids is 2. The van der Waals surface area contributed by atoms with Crippen molar-refractivity contribution in [3.05, 3.63) is 81.8 Å². The van der Waals surface area contributed by atoms with Gasteiger partial charge in [-0.3, -0.25) is 14.4 Å². The quantitative estimate of drug-likeness (QED) is 0.710. The molecule has 1 heterocycles. The Morgan fingerprint density at radius 2 is 1.76 bits per heavy atom. The number of amides is 2. The Hall–Kier alpha value is -3.15. The second kappa shape index (κ2) is 8.90. The van der Waals surface area contributed by atoms with E-state index in [-0.39, 0.29) is 29.8 Å². The number of benzene rings is 1. The van der Waals surface area contributed by atoms with Gasteiger partial charge in [0.15, 0.2) is 0 Å². The molecule has 0 spiro atoms. The van der Waals surface area contributed by atoms with E-state index >= 15 is 0 Å². The van der Waals surface area contributed by atoms with Crippen LogP contribution in [-0.4, -0.2) is 29.0 Å². The lowest BCUT2D eigenvalue weighted by Crippen LogP contribution is -2.40. The van der Waals surface area contributed by atoms with Crippen LogP contribution in [0.5, 0.6) is 0 Å². The Morgan fingerprint density at radius 3 is 2.31 bits per heavy atom. The summed E-state index contributed by atoms with van der Waals surface area (Å²) in [6.07, 6.45) is 6.90. The first-order valence-corrected chi connectivity index (χ1v) is 9.97. The minimum atomic E-state index is -0.556. The molecule has 2 N–H and O–H groups in total. The summed E-state index contributed by atoms with van der Waals surface area (Å²) in [6.45, 7) is 7.80. The maximum atomic E-state index is 13.0. The van der Waals surface area contributed by atoms with Crippen LogP contribution in [-0.2, 0) is 12.8 Å². The van der Waals surface area contributed by atoms with Crippen molar-refractivity contribution in [3.8, 4) is 0 Å². The fourth-order valence-corrected chi connectivity index (χ4v) is 3.57. The van der Waals surface area contributed by atoms with Crippen molar-refractivity contribution in [2.45, 2.75) is 45.2 Å². The molecule has 2 aromatic rings. The molecule has 0 fully saturated rings. The minimum absolute atomic E-state index is 0.00694. The van der Waals surface area contributed by atoms with Gasteiger partial charge in [0.1, 0.15) is 11.1 Å². The van der Waals surface area contributed by atoms with Gasteiger partial charge in [-0.15, -0.1) is 6.58 Å². The van der Waals surface area contributed by atoms with Crippen molar-refractivity contribution in [2.24, 2.45) is 0 Å². The lowest BCUT2D eigenvalue weighted by Gasteiger charge is -2.18. The van der Waals surface area contributed by atoms with Gasteiger partial charge in [-0.2, -0.15) is 0 Å². The van der Waals surface area contributed by atoms with Crippen molar-refractivity contribution in [1.82, 2.24) is 15.2 Å². The predicted molar refractivity (Wildman–Crippen MR) is 113 cm³/mol. The van der Waals surface area contributed by atoms with Gasteiger partial charge in [-0.25, -0.2) is 0 Å². The average molecular weight is 393 g/mol. The van der Waals surface area contributed by atoms with Gasteiger partial charge in [-0.1, -0.05) is 37.3 Å². The van der Waals surface area contributed by atoms with E-state index in [9.17, 15) is 14.4 Å². The summed E-state index contributed by atoms with van der Waals surface area (Å²) < 4.78 is 1.77. The Kier molecular flexibility index (Phi) is 6.32. The standard InChI is InChI=1S/C23H27N3O3/c1-4-10-24-22(28)19-13-26(15(3)5-2)14-20(21(19)27)23(29)25-18-11-16-8-6-7-9-17(16)12-18/h4,6-9,13-15,18H,1,5,10-12H2,2-3H3,(H,24,28)(H,25,29). The second-order valence-electron chi connectivity index (χ2n) is 7.47. The molecule has 0 aliphatic heterocycles. The van der Waals surface area contributed by atoms with E-state index in [1.54, 1.807) is 16.8 Å². The van der Waals surface area contributed by atoms with E-state index in [2.05, 4.69) is 29.3 Å². The molecule has 6 nitrogen and oxygen atoms in total. The summed E-state index contributed by atoms with van der Waals surface area (Å²) in [4.78, 5) is 38.3. The highest BCUT2D eigenvalue weighted by Gasteiger charge is 2.25. The van der Waals surface area contributed by atoms with Crippen LogP contribution >= 0.6 is 0 Å². The number of nitrogens with one attached hydrogen (secondary N) is 2. The van der Waals surface area contributed by atoms with E-state index in [0.717, 1.165) is 19.3 Å². The molecule has 1 aromatic heterocycles. The summed E-state index contributed by atoms with van der Waals surface area (Å²) in [7, 11) is 0. The molecule has 1 atom stereocenters. The molecule has 3 rings (SSSR count). The molecule has 0 saturated carbocycles. The van der Waals surface area contributed by atoms with Gasteiger partial charge in [-0.05, 0) is 37.3 Å². The zero-order valence-corrected chi connectivity index (χ0v) is 16.9. The van der Waals surface area contributed by atoms with Gasteiger partial charge in [0.25, 0.3) is 11.8 Å². The molecule has 29 heavy (non-hydrogen) atoms. The van der Waals surface area contributed by atoms with E-state index in [4.69, 9.17) is 0 Å². The van der Waals surface area contributed by atoms with Crippen molar-refractivity contribution >= 4 is 11.8 Å². The predicted octanol–water partition coefficient (Wildman–Crippen LogP) is 2.63. The zero-order chi connectivity index (χ0) is 21.0. The number of carbonyl (C=O) groups is 2. The number of hydrogen-bond donors (Lipinski definition) is 2. The highest BCUT2D eigenvalue weighted by molar-refractivity contribution is 5.99. The Bertz CT molecular complexity index is 968. The Labute approximate surface area is 170 Å². The molecule has 2 amide bonds. The number of hydrogen-bond acceptors (Lipinski definition) is 3. The van der Waals surface area contributed by atoms with Crippen LogP contribution in [0.2, 0.25) is 0 Å². The maximum Gasteiger partial charge on any atom is 0.257 e. The molecule has 6 heteroatoms. The second-order valence-corrected chi connectivity index (χ2v) is 7.47. The summed E-state index contributed by atoms with van der Waals surface area (Å²) in [5.41, 5.74) is 1.83. The first-order chi connectivity index (χ1) is 13.9. The molecule has 1 unspecified atom stereocenters. The molecule has 1 aliphatic carbocycles. The molecule has 0 bridgehead atoms. The summed E-state index contributed by atoms with van der Waals surface area (Å²) in [6, 6.07) is 8.07. The highest BCUT2D eigenvalue weighted by atomic mass is 16.2. The number of pyridine rings is 1. The van der Waals surface area contributed by atoms with E-state index < -0.39 is 17.2 Å². The summed E-state index contributed by atoms with van der Waals surface area (Å²) in [5.74, 6) is -0.946. The molecule has 152 valence electrons. The molecular weight excluding hydrogens is 366 g/mol. The largest absolute Gasteiger partial charge is 0.350 e. The first-order valence-electron chi connectivity index (χ1n) is 9.97. The van der Waals surface area contributed by atoms with Crippen LogP contribution < -0.4 is 16.1 Å². The molecule has 1 aliphatic rings. The third-order valence-corrected chi connectivity index (χ3v) is 5.43. The van der Waals surface area contributed by atoms with Crippen LogP contribution in [0.1, 0.15) is 58.2 Å². The first kappa shape index (κ1) is 20.6. The van der Waals surface area contributed by atoms with Crippen molar-refractivity contribution in [2.75, 3.05) is 6.54 Å². The fraction of sp³-hybridized carbons (Fsp3) is 0.348. The summed E-state index contributed by atoms with van der Waals surface area (Å²) >= 11 is 0. The minimum Gasteiger partial charge on any atom is -0.350 e. The third-order valence-electron chi connectivity index (χ3n) is 5.43. The third kappa shape index (κ3) is 4.47. The molecule has 0 radical (unpaired) electrons. The molecule has 0 saturated heterocycles. The van der Waals surface area contributed by atoms with Gasteiger partial charge >= 0.3 is 0 Å². The number of nitrogens with zero attached hydrogens (tertiary/aromatic N) is 1. The fourth-order valence-electron chi connectivity index (χ4n) is 3.57. The van der Waals surface area contributed by atoms with Crippen LogP contribution in [0.3, 0.4) is 0 Å². The van der Waals surface area contributed by atoms with E-state index in [1.807, 2.05) is 26.0 Å². The van der Waals surface area contributed by atoms with Crippen molar-refractivity contribution in [1.29, 1.82) is 0 Å². The lowest BCUT2D eigenvalue weighted by atomic mass is 10.1. The van der Waals surface area contributed by atoms with Crippen molar-refractivity contribution < 1.29 is 9.59 Å². The topological polar surface area (TPSA) is 80.2 Å². The van der Waals surface area contributed by atoms with Crippen LogP contribution in [0.25, 0.3) is 0 Å². The van der Waals surface area contributed by atoms with Gasteiger partial charge in [0.2, 0.25) is 5.43 Å². The monoisotopic (exact) mass is 393 g/mol. The Balaban J connectivity index is 1.88. The van der Waals surface area contributed by atoms with Crippen LogP contribution in [0.15, 0.2) is 54.1 Å². The lowest BCUT2D eigenvalue weighted by molar-refractivity contribution is 0.0936. The number of rotatable bonds is 7. The molecular formula is C23H27N3O3. The normalized spacial score (nSPS) is 14.1. The summed E-state index contributed by atoms with van der Waals surface area (Å²) in [5, 5.41) is 5.60. The number of aromatic nitrogens is 1. The van der Waals surface area contributed by atoms with Crippen LogP contribution in [0, 0.1) is 0 Å². The smallest absolute Gasteiger partial charge is 0.257 e. The van der Waals surface area contributed by atoms with Crippen LogP contribution in [0.4, 0.5) is 0 Å². The van der Waals surface area contributed by atoms with Gasteiger partial charge in [0.05, 0.1) is 0 Å². The number of fused-ring (bicyclic) bond motifs is 1. The zero-order valence-electron chi connectivity index (χ0n) is 16.9. The van der Waals surface area contributed by atoms with Gasteiger partial charge < -0.3 is 15.2 Å². The highest BCUT2D eigenvalue weighted by Crippen LogP contribution is 2.22. The SMILES string of the molecule is C=CCNC(=O)c1cn(C(C)CC)cc(C(=O)NC2Cc3ccccc3C2)c1=O. The van der Waals surface area contributed by atoms with Crippen molar-refractivity contribution in [3.63, 3.8) is 0 Å². The molecule has 1 aromatic carbocycles. The van der Waals surface area contributed by atoms with E-state index in [0.29, 0.717) is 0 Å². The Morgan fingerprint density at radius 1 is 1.17 bits per heavy atom. The maximum absolute atomic E-state index is 13.0. The van der Waals surface area contributed by atoms with E-state index in [1.165, 1.54) is 17.3 Å².